The molecule has 1 heterocycles. The maximum Gasteiger partial charge on any atom is 0.306 e. The number of esters is 1. The molecule has 1 atom stereocenters. The number of amides is 1. The Kier molecular flexibility index (Phi) is 7.44. The Bertz CT molecular complexity index is 840. The summed E-state index contributed by atoms with van der Waals surface area (Å²) in [7, 11) is -3.52. The van der Waals surface area contributed by atoms with Crippen molar-refractivity contribution in [2.24, 2.45) is 5.92 Å². The summed E-state index contributed by atoms with van der Waals surface area (Å²) in [5, 5.41) is 2.62. The lowest BCUT2D eigenvalue weighted by molar-refractivity contribution is -0.147. The molecule has 1 aliphatic heterocycles. The average Bonchev–Trinajstić information content (AvgIpc) is 3.05. The van der Waals surface area contributed by atoms with Gasteiger partial charge in [0.1, 0.15) is 0 Å². The minimum atomic E-state index is -3.52. The first kappa shape index (κ1) is 21.5. The predicted octanol–water partition coefficient (Wildman–Crippen LogP) is 3.09. The molecule has 3 rings (SSSR count). The van der Waals surface area contributed by atoms with Crippen LogP contribution in [0.15, 0.2) is 41.3 Å². The number of allylic oxidation sites excluding steroid dienone is 2. The van der Waals surface area contributed by atoms with E-state index >= 15 is 0 Å². The van der Waals surface area contributed by atoms with Gasteiger partial charge in [-0.2, -0.15) is 4.31 Å². The molecule has 0 spiro atoms. The van der Waals surface area contributed by atoms with E-state index in [1.165, 1.54) is 16.4 Å². The van der Waals surface area contributed by atoms with Crippen molar-refractivity contribution in [3.05, 3.63) is 36.4 Å². The lowest BCUT2D eigenvalue weighted by Gasteiger charge is -2.20. The molecule has 158 valence electrons. The molecule has 7 nitrogen and oxygen atoms in total. The van der Waals surface area contributed by atoms with E-state index in [9.17, 15) is 18.0 Å². The van der Waals surface area contributed by atoms with Crippen LogP contribution in [0.3, 0.4) is 0 Å². The fourth-order valence-electron chi connectivity index (χ4n) is 3.62. The number of benzene rings is 1. The van der Waals surface area contributed by atoms with Gasteiger partial charge in [-0.15, -0.1) is 0 Å². The van der Waals surface area contributed by atoms with Crippen molar-refractivity contribution >= 4 is 27.6 Å². The largest absolute Gasteiger partial charge is 0.456 e. The van der Waals surface area contributed by atoms with Crippen LogP contribution in [0.4, 0.5) is 5.69 Å². The molecule has 1 aliphatic carbocycles. The highest BCUT2D eigenvalue weighted by Gasteiger charge is 2.25. The minimum absolute atomic E-state index is 0.198. The highest BCUT2D eigenvalue weighted by Crippen LogP contribution is 2.22. The molecular formula is C21H28N2O5S. The third-order valence-corrected chi connectivity index (χ3v) is 7.16. The van der Waals surface area contributed by atoms with Gasteiger partial charge in [0.2, 0.25) is 10.0 Å². The van der Waals surface area contributed by atoms with E-state index in [1.807, 2.05) is 12.2 Å². The summed E-state index contributed by atoms with van der Waals surface area (Å²) in [5.74, 6) is -0.650. The molecule has 2 aliphatic rings. The van der Waals surface area contributed by atoms with Crippen LogP contribution in [0.2, 0.25) is 0 Å². The van der Waals surface area contributed by atoms with Gasteiger partial charge in [-0.25, -0.2) is 8.42 Å². The number of hydrogen-bond acceptors (Lipinski definition) is 5. The molecule has 0 bridgehead atoms. The zero-order chi connectivity index (χ0) is 20.7. The minimum Gasteiger partial charge on any atom is -0.456 e. The molecule has 0 aromatic heterocycles. The zero-order valence-electron chi connectivity index (χ0n) is 16.5. The monoisotopic (exact) mass is 420 g/mol. The standard InChI is InChI=1S/C21H28N2O5S/c24-20(16-28-21(25)15-17-7-3-4-8-17)22-18-9-11-19(12-10-18)29(26,27)23-13-5-1-2-6-14-23/h3,7,9-12,17H,1-2,4-6,8,13-16H2,(H,22,24)/t17-/m1/s1. The summed E-state index contributed by atoms with van der Waals surface area (Å²) in [6.07, 6.45) is 10.1. The number of nitrogens with zero attached hydrogens (tertiary/aromatic N) is 1. The third kappa shape index (κ3) is 6.14. The lowest BCUT2D eigenvalue weighted by atomic mass is 10.1. The Morgan fingerprint density at radius 3 is 2.38 bits per heavy atom. The predicted molar refractivity (Wildman–Crippen MR) is 110 cm³/mol. The Morgan fingerprint density at radius 2 is 1.76 bits per heavy atom. The molecule has 1 aromatic carbocycles. The van der Waals surface area contributed by atoms with E-state index in [4.69, 9.17) is 4.74 Å². The number of carbonyl (C=O) groups excluding carboxylic acids is 2. The van der Waals surface area contributed by atoms with E-state index in [-0.39, 0.29) is 23.8 Å². The zero-order valence-corrected chi connectivity index (χ0v) is 17.3. The fourth-order valence-corrected chi connectivity index (χ4v) is 5.14. The molecule has 0 saturated carbocycles. The highest BCUT2D eigenvalue weighted by molar-refractivity contribution is 7.89. The van der Waals surface area contributed by atoms with Gasteiger partial charge < -0.3 is 10.1 Å². The van der Waals surface area contributed by atoms with Crippen LogP contribution in [0.5, 0.6) is 0 Å². The normalized spacial score (nSPS) is 20.2. The third-order valence-electron chi connectivity index (χ3n) is 5.25. The smallest absolute Gasteiger partial charge is 0.306 e. The Balaban J connectivity index is 1.49. The number of sulfonamides is 1. The maximum atomic E-state index is 12.8. The second kappa shape index (κ2) is 10.0. The van der Waals surface area contributed by atoms with E-state index < -0.39 is 21.9 Å². The summed E-state index contributed by atoms with van der Waals surface area (Å²) < 4.78 is 32.1. The van der Waals surface area contributed by atoms with Gasteiger partial charge in [0.25, 0.3) is 5.91 Å². The van der Waals surface area contributed by atoms with Crippen molar-refractivity contribution < 1.29 is 22.7 Å². The van der Waals surface area contributed by atoms with Crippen LogP contribution in [0.25, 0.3) is 0 Å². The number of anilines is 1. The number of nitrogens with one attached hydrogen (secondary N) is 1. The Morgan fingerprint density at radius 1 is 1.07 bits per heavy atom. The quantitative estimate of drug-likeness (QED) is 0.540. The van der Waals surface area contributed by atoms with Gasteiger partial charge >= 0.3 is 5.97 Å². The molecule has 29 heavy (non-hydrogen) atoms. The molecule has 0 unspecified atom stereocenters. The van der Waals surface area contributed by atoms with Gasteiger partial charge in [-0.3, -0.25) is 9.59 Å². The van der Waals surface area contributed by atoms with E-state index in [2.05, 4.69) is 5.32 Å². The topological polar surface area (TPSA) is 92.8 Å². The van der Waals surface area contributed by atoms with Gasteiger partial charge in [0.05, 0.1) is 11.3 Å². The van der Waals surface area contributed by atoms with Crippen LogP contribution in [0, 0.1) is 5.92 Å². The second-order valence-corrected chi connectivity index (χ2v) is 9.46. The van der Waals surface area contributed by atoms with Gasteiger partial charge in [0.15, 0.2) is 6.61 Å². The van der Waals surface area contributed by atoms with Gasteiger partial charge in [-0.05, 0) is 55.9 Å². The molecule has 1 fully saturated rings. The van der Waals surface area contributed by atoms with Crippen LogP contribution in [0.1, 0.15) is 44.9 Å². The van der Waals surface area contributed by atoms with Crippen molar-refractivity contribution in [2.75, 3.05) is 25.0 Å². The number of rotatable bonds is 7. The molecule has 1 N–H and O–H groups in total. The molecular weight excluding hydrogens is 392 g/mol. The Labute approximate surface area is 172 Å². The lowest BCUT2D eigenvalue weighted by Crippen LogP contribution is -2.31. The molecule has 1 saturated heterocycles. The van der Waals surface area contributed by atoms with E-state index in [1.54, 1.807) is 12.1 Å². The van der Waals surface area contributed by atoms with Crippen molar-refractivity contribution in [3.63, 3.8) is 0 Å². The summed E-state index contributed by atoms with van der Waals surface area (Å²) in [6, 6.07) is 6.09. The molecule has 0 radical (unpaired) electrons. The van der Waals surface area contributed by atoms with Crippen LogP contribution in [-0.2, 0) is 24.3 Å². The molecule has 8 heteroatoms. The van der Waals surface area contributed by atoms with Crippen LogP contribution >= 0.6 is 0 Å². The number of ether oxygens (including phenoxy) is 1. The summed E-state index contributed by atoms with van der Waals surface area (Å²) in [6.45, 7) is 0.731. The first-order valence-electron chi connectivity index (χ1n) is 10.2. The number of hydrogen-bond donors (Lipinski definition) is 1. The molecule has 1 amide bonds. The summed E-state index contributed by atoms with van der Waals surface area (Å²) in [4.78, 5) is 24.0. The SMILES string of the molecule is O=C(COC(=O)C[C@@H]1C=CCC1)Nc1ccc(S(=O)(=O)N2CCCCCC2)cc1. The van der Waals surface area contributed by atoms with Gasteiger partial charge in [-0.1, -0.05) is 25.0 Å². The van der Waals surface area contributed by atoms with Gasteiger partial charge in [0, 0.05) is 18.8 Å². The van der Waals surface area contributed by atoms with E-state index in [0.29, 0.717) is 18.8 Å². The summed E-state index contributed by atoms with van der Waals surface area (Å²) in [5.41, 5.74) is 0.458. The van der Waals surface area contributed by atoms with Crippen LogP contribution in [-0.4, -0.2) is 44.3 Å². The van der Waals surface area contributed by atoms with Crippen LogP contribution < -0.4 is 5.32 Å². The first-order valence-corrected chi connectivity index (χ1v) is 11.6. The van der Waals surface area contributed by atoms with Crippen molar-refractivity contribution in [3.8, 4) is 0 Å². The highest BCUT2D eigenvalue weighted by atomic mass is 32.2. The maximum absolute atomic E-state index is 12.8. The average molecular weight is 421 g/mol. The Hall–Kier alpha value is -2.19. The van der Waals surface area contributed by atoms with E-state index in [0.717, 1.165) is 38.5 Å². The number of carbonyl (C=O) groups is 2. The van der Waals surface area contributed by atoms with Crippen molar-refractivity contribution in [2.45, 2.75) is 49.8 Å². The second-order valence-electron chi connectivity index (χ2n) is 7.52. The molecule has 1 aromatic rings. The fraction of sp³-hybridized carbons (Fsp3) is 0.524. The van der Waals surface area contributed by atoms with Crippen molar-refractivity contribution in [1.82, 2.24) is 4.31 Å². The first-order chi connectivity index (χ1) is 13.9. The van der Waals surface area contributed by atoms with Crippen molar-refractivity contribution in [1.29, 1.82) is 0 Å². The summed E-state index contributed by atoms with van der Waals surface area (Å²) >= 11 is 0.